The number of nitrogens with zero attached hydrogens (tertiary/aromatic N) is 5. The molecule has 0 saturated heterocycles. The molecule has 0 amide bonds. The average molecular weight is 234 g/mol. The maximum atomic E-state index is 4.25. The summed E-state index contributed by atoms with van der Waals surface area (Å²) in [6.45, 7) is 4.62. The van der Waals surface area contributed by atoms with E-state index < -0.39 is 0 Å². The fourth-order valence-electron chi connectivity index (χ4n) is 1.66. The van der Waals surface area contributed by atoms with E-state index >= 15 is 0 Å². The molecule has 0 unspecified atom stereocenters. The predicted octanol–water partition coefficient (Wildman–Crippen LogP) is 0.559. The van der Waals surface area contributed by atoms with Crippen LogP contribution in [0, 0.1) is 0 Å². The SMILES string of the molecule is CCCNCc1ncnn1Cc1cnn(C)c1. The summed E-state index contributed by atoms with van der Waals surface area (Å²) in [4.78, 5) is 4.25. The maximum absolute atomic E-state index is 4.25. The Kier molecular flexibility index (Phi) is 3.87. The lowest BCUT2D eigenvalue weighted by molar-refractivity contribution is 0.582. The first-order valence-electron chi connectivity index (χ1n) is 5.84. The van der Waals surface area contributed by atoms with Crippen LogP contribution in [0.1, 0.15) is 24.7 Å². The largest absolute Gasteiger partial charge is 0.310 e. The molecule has 2 rings (SSSR count). The minimum Gasteiger partial charge on any atom is -0.310 e. The van der Waals surface area contributed by atoms with Crippen molar-refractivity contribution < 1.29 is 0 Å². The molecule has 0 bridgehead atoms. The van der Waals surface area contributed by atoms with Gasteiger partial charge in [-0.2, -0.15) is 10.2 Å². The fraction of sp³-hybridized carbons (Fsp3) is 0.545. The third kappa shape index (κ3) is 3.13. The Labute approximate surface area is 101 Å². The highest BCUT2D eigenvalue weighted by molar-refractivity contribution is 5.04. The van der Waals surface area contributed by atoms with Gasteiger partial charge in [0.05, 0.1) is 19.3 Å². The lowest BCUT2D eigenvalue weighted by atomic mass is 10.3. The van der Waals surface area contributed by atoms with Crippen molar-refractivity contribution >= 4 is 0 Å². The van der Waals surface area contributed by atoms with Gasteiger partial charge in [0.25, 0.3) is 0 Å². The summed E-state index contributed by atoms with van der Waals surface area (Å²) in [6, 6.07) is 0. The van der Waals surface area contributed by atoms with Crippen LogP contribution >= 0.6 is 0 Å². The first-order chi connectivity index (χ1) is 8.29. The first kappa shape index (κ1) is 11.8. The summed E-state index contributed by atoms with van der Waals surface area (Å²) >= 11 is 0. The van der Waals surface area contributed by atoms with Crippen molar-refractivity contribution in [2.45, 2.75) is 26.4 Å². The van der Waals surface area contributed by atoms with Gasteiger partial charge in [0.2, 0.25) is 0 Å². The molecule has 6 heteroatoms. The zero-order chi connectivity index (χ0) is 12.1. The van der Waals surface area contributed by atoms with Crippen LogP contribution in [0.2, 0.25) is 0 Å². The van der Waals surface area contributed by atoms with Crippen LogP contribution in [0.3, 0.4) is 0 Å². The standard InChI is InChI=1S/C11H18N6/c1-3-4-12-6-11-13-9-15-17(11)8-10-5-14-16(2)7-10/h5,7,9,12H,3-4,6,8H2,1-2H3. The van der Waals surface area contributed by atoms with Crippen LogP contribution in [0.5, 0.6) is 0 Å². The molecule has 0 spiro atoms. The predicted molar refractivity (Wildman–Crippen MR) is 64.3 cm³/mol. The second-order valence-corrected chi connectivity index (χ2v) is 4.03. The first-order valence-corrected chi connectivity index (χ1v) is 5.84. The quantitative estimate of drug-likeness (QED) is 0.742. The Balaban J connectivity index is 1.98. The topological polar surface area (TPSA) is 60.6 Å². The van der Waals surface area contributed by atoms with Crippen LogP contribution in [0.25, 0.3) is 0 Å². The van der Waals surface area contributed by atoms with Crippen LogP contribution in [0.4, 0.5) is 0 Å². The minimum absolute atomic E-state index is 0.719. The summed E-state index contributed by atoms with van der Waals surface area (Å²) in [5.41, 5.74) is 1.13. The van der Waals surface area contributed by atoms with Crippen molar-refractivity contribution in [2.75, 3.05) is 6.54 Å². The molecule has 0 saturated carbocycles. The van der Waals surface area contributed by atoms with E-state index in [4.69, 9.17) is 0 Å². The van der Waals surface area contributed by atoms with Crippen LogP contribution in [0.15, 0.2) is 18.7 Å². The molecule has 0 aliphatic carbocycles. The average Bonchev–Trinajstić information content (AvgIpc) is 2.90. The van der Waals surface area contributed by atoms with Crippen molar-refractivity contribution in [3.63, 3.8) is 0 Å². The molecule has 6 nitrogen and oxygen atoms in total. The minimum atomic E-state index is 0.719. The Bertz CT molecular complexity index is 458. The molecule has 1 N–H and O–H groups in total. The van der Waals surface area contributed by atoms with Crippen molar-refractivity contribution in [1.82, 2.24) is 29.9 Å². The third-order valence-corrected chi connectivity index (χ3v) is 2.50. The zero-order valence-electron chi connectivity index (χ0n) is 10.3. The van der Waals surface area contributed by atoms with E-state index in [1.807, 2.05) is 24.1 Å². The Morgan fingerprint density at radius 2 is 2.24 bits per heavy atom. The van der Waals surface area contributed by atoms with E-state index in [2.05, 4.69) is 27.4 Å². The maximum Gasteiger partial charge on any atom is 0.141 e. The van der Waals surface area contributed by atoms with E-state index in [-0.39, 0.29) is 0 Å². The van der Waals surface area contributed by atoms with Crippen molar-refractivity contribution in [3.8, 4) is 0 Å². The molecule has 0 aliphatic rings. The van der Waals surface area contributed by atoms with E-state index in [9.17, 15) is 0 Å². The number of aryl methyl sites for hydroxylation is 1. The lowest BCUT2D eigenvalue weighted by Crippen LogP contribution is -2.18. The van der Waals surface area contributed by atoms with Crippen LogP contribution in [-0.2, 0) is 20.1 Å². The summed E-state index contributed by atoms with van der Waals surface area (Å²) in [6.07, 6.45) is 6.56. The van der Waals surface area contributed by atoms with Crippen molar-refractivity contribution in [3.05, 3.63) is 30.1 Å². The highest BCUT2D eigenvalue weighted by Gasteiger charge is 2.05. The van der Waals surface area contributed by atoms with Gasteiger partial charge in [0.1, 0.15) is 12.2 Å². The van der Waals surface area contributed by atoms with Crippen LogP contribution < -0.4 is 5.32 Å². The molecule has 0 aromatic carbocycles. The molecule has 17 heavy (non-hydrogen) atoms. The molecule has 92 valence electrons. The molecule has 0 atom stereocenters. The molecular weight excluding hydrogens is 216 g/mol. The molecule has 0 aliphatic heterocycles. The Hall–Kier alpha value is -1.69. The van der Waals surface area contributed by atoms with Gasteiger partial charge in [0, 0.05) is 18.8 Å². The number of rotatable bonds is 6. The number of hydrogen-bond acceptors (Lipinski definition) is 4. The van der Waals surface area contributed by atoms with Gasteiger partial charge in [-0.3, -0.25) is 4.68 Å². The Morgan fingerprint density at radius 1 is 1.35 bits per heavy atom. The second kappa shape index (κ2) is 5.58. The molecule has 0 fully saturated rings. The highest BCUT2D eigenvalue weighted by atomic mass is 15.3. The zero-order valence-corrected chi connectivity index (χ0v) is 10.3. The second-order valence-electron chi connectivity index (χ2n) is 4.03. The normalized spacial score (nSPS) is 10.9. The van der Waals surface area contributed by atoms with Crippen molar-refractivity contribution in [1.29, 1.82) is 0 Å². The molecule has 2 heterocycles. The van der Waals surface area contributed by atoms with Gasteiger partial charge >= 0.3 is 0 Å². The smallest absolute Gasteiger partial charge is 0.141 e. The van der Waals surface area contributed by atoms with Gasteiger partial charge in [-0.1, -0.05) is 6.92 Å². The van der Waals surface area contributed by atoms with Gasteiger partial charge < -0.3 is 5.32 Å². The van der Waals surface area contributed by atoms with Gasteiger partial charge in [-0.15, -0.1) is 0 Å². The van der Waals surface area contributed by atoms with E-state index in [1.165, 1.54) is 0 Å². The monoisotopic (exact) mass is 234 g/mol. The highest BCUT2D eigenvalue weighted by Crippen LogP contribution is 2.02. The summed E-state index contributed by atoms with van der Waals surface area (Å²) in [5, 5.41) is 11.7. The molecular formula is C11H18N6. The van der Waals surface area contributed by atoms with Gasteiger partial charge in [-0.05, 0) is 13.0 Å². The lowest BCUT2D eigenvalue weighted by Gasteiger charge is -2.05. The van der Waals surface area contributed by atoms with Gasteiger partial charge in [-0.25, -0.2) is 9.67 Å². The molecule has 2 aromatic heterocycles. The number of hydrogen-bond donors (Lipinski definition) is 1. The Morgan fingerprint density at radius 3 is 2.94 bits per heavy atom. The van der Waals surface area contributed by atoms with Crippen molar-refractivity contribution in [2.24, 2.45) is 7.05 Å². The van der Waals surface area contributed by atoms with Gasteiger partial charge in [0.15, 0.2) is 0 Å². The number of aromatic nitrogens is 5. The summed E-state index contributed by atoms with van der Waals surface area (Å²) < 4.78 is 3.70. The summed E-state index contributed by atoms with van der Waals surface area (Å²) in [5.74, 6) is 0.960. The van der Waals surface area contributed by atoms with Crippen LogP contribution in [-0.4, -0.2) is 31.1 Å². The third-order valence-electron chi connectivity index (χ3n) is 2.50. The van der Waals surface area contributed by atoms with E-state index in [0.717, 1.165) is 37.4 Å². The number of nitrogens with one attached hydrogen (secondary N) is 1. The summed E-state index contributed by atoms with van der Waals surface area (Å²) in [7, 11) is 1.91. The molecule has 2 aromatic rings. The van der Waals surface area contributed by atoms with E-state index in [1.54, 1.807) is 11.0 Å². The fourth-order valence-corrected chi connectivity index (χ4v) is 1.66. The molecule has 0 radical (unpaired) electrons. The van der Waals surface area contributed by atoms with E-state index in [0.29, 0.717) is 0 Å².